The van der Waals surface area contributed by atoms with Crippen LogP contribution in [0.25, 0.3) is 0 Å². The van der Waals surface area contributed by atoms with Crippen molar-refractivity contribution < 1.29 is 13.5 Å². The van der Waals surface area contributed by atoms with Crippen LogP contribution in [0.1, 0.15) is 25.7 Å². The summed E-state index contributed by atoms with van der Waals surface area (Å²) in [6.07, 6.45) is 2.34. The minimum absolute atomic E-state index is 0.0979. The van der Waals surface area contributed by atoms with Crippen molar-refractivity contribution in [3.05, 3.63) is 27.1 Å². The summed E-state index contributed by atoms with van der Waals surface area (Å²) in [6, 6.07) is 4.95. The fourth-order valence-corrected chi connectivity index (χ4v) is 4.97. The highest BCUT2D eigenvalue weighted by atomic mass is 79.9. The highest BCUT2D eigenvalue weighted by Crippen LogP contribution is 2.27. The lowest BCUT2D eigenvalue weighted by Gasteiger charge is -2.26. The molecule has 1 aromatic rings. The zero-order valence-electron chi connectivity index (χ0n) is 10.1. The first-order valence-corrected chi connectivity index (χ1v) is 9.11. The van der Waals surface area contributed by atoms with Gasteiger partial charge in [-0.15, -0.1) is 0 Å². The maximum Gasteiger partial charge on any atom is 0.241 e. The van der Waals surface area contributed by atoms with Gasteiger partial charge in [-0.2, -0.15) is 0 Å². The molecule has 1 saturated carbocycles. The van der Waals surface area contributed by atoms with Gasteiger partial charge in [0.05, 0.1) is 11.0 Å². The molecule has 0 amide bonds. The zero-order chi connectivity index (χ0) is 14.0. The monoisotopic (exact) mass is 411 g/mol. The van der Waals surface area contributed by atoms with Gasteiger partial charge in [0.2, 0.25) is 10.0 Å². The number of benzene rings is 1. The number of rotatable bonds is 3. The number of aliphatic hydroxyl groups is 1. The van der Waals surface area contributed by atoms with Crippen molar-refractivity contribution in [3.63, 3.8) is 0 Å². The Morgan fingerprint density at radius 3 is 2.42 bits per heavy atom. The highest BCUT2D eigenvalue weighted by molar-refractivity contribution is 9.11. The highest BCUT2D eigenvalue weighted by Gasteiger charge is 2.26. The second-order valence-corrected chi connectivity index (χ2v) is 8.15. The topological polar surface area (TPSA) is 66.4 Å². The van der Waals surface area contributed by atoms with Crippen LogP contribution in [0, 0.1) is 0 Å². The molecule has 2 rings (SSSR count). The van der Waals surface area contributed by atoms with Crippen LogP contribution in [-0.4, -0.2) is 25.7 Å². The molecule has 0 bridgehead atoms. The summed E-state index contributed by atoms with van der Waals surface area (Å²) in [5.74, 6) is 0. The number of hydrogen-bond acceptors (Lipinski definition) is 3. The molecule has 0 atom stereocenters. The minimum Gasteiger partial charge on any atom is -0.393 e. The van der Waals surface area contributed by atoms with Gasteiger partial charge in [0.15, 0.2) is 0 Å². The van der Waals surface area contributed by atoms with E-state index in [1.807, 2.05) is 0 Å². The lowest BCUT2D eigenvalue weighted by atomic mass is 9.94. The van der Waals surface area contributed by atoms with Gasteiger partial charge in [0.1, 0.15) is 0 Å². The van der Waals surface area contributed by atoms with Gasteiger partial charge in [0, 0.05) is 15.0 Å². The largest absolute Gasteiger partial charge is 0.393 e. The number of nitrogens with one attached hydrogen (secondary N) is 1. The normalized spacial score (nSPS) is 24.4. The van der Waals surface area contributed by atoms with E-state index < -0.39 is 10.0 Å². The molecule has 0 aliphatic heterocycles. The lowest BCUT2D eigenvalue weighted by molar-refractivity contribution is 0.120. The van der Waals surface area contributed by atoms with Crippen LogP contribution in [0.5, 0.6) is 0 Å². The van der Waals surface area contributed by atoms with Gasteiger partial charge in [-0.3, -0.25) is 0 Å². The van der Waals surface area contributed by atoms with Gasteiger partial charge < -0.3 is 5.11 Å². The third kappa shape index (κ3) is 4.01. The maximum atomic E-state index is 12.3. The van der Waals surface area contributed by atoms with Gasteiger partial charge in [-0.1, -0.05) is 15.9 Å². The Balaban J connectivity index is 2.16. The van der Waals surface area contributed by atoms with Crippen molar-refractivity contribution in [1.82, 2.24) is 4.72 Å². The van der Waals surface area contributed by atoms with E-state index in [2.05, 4.69) is 36.6 Å². The summed E-state index contributed by atoms with van der Waals surface area (Å²) >= 11 is 6.54. The molecule has 1 aliphatic rings. The molecule has 2 N–H and O–H groups in total. The summed E-state index contributed by atoms with van der Waals surface area (Å²) in [5, 5.41) is 9.43. The molecule has 7 heteroatoms. The summed E-state index contributed by atoms with van der Waals surface area (Å²) in [4.78, 5) is 0.230. The fourth-order valence-electron chi connectivity index (χ4n) is 2.16. The average Bonchev–Trinajstić information content (AvgIpc) is 2.35. The molecule has 0 saturated heterocycles. The van der Waals surface area contributed by atoms with Crippen LogP contribution in [0.2, 0.25) is 0 Å². The number of hydrogen-bond donors (Lipinski definition) is 2. The smallest absolute Gasteiger partial charge is 0.241 e. The Bertz CT molecular complexity index is 554. The van der Waals surface area contributed by atoms with Gasteiger partial charge >= 0.3 is 0 Å². The van der Waals surface area contributed by atoms with Crippen molar-refractivity contribution in [1.29, 1.82) is 0 Å². The SMILES string of the molecule is O=S(=O)(NC1CCC(O)CC1)c1cc(Br)ccc1Br. The second kappa shape index (κ2) is 6.22. The van der Waals surface area contributed by atoms with E-state index in [1.165, 1.54) is 0 Å². The first kappa shape index (κ1) is 15.4. The van der Waals surface area contributed by atoms with Gasteiger partial charge in [-0.05, 0) is 59.8 Å². The Morgan fingerprint density at radius 1 is 1.16 bits per heavy atom. The third-order valence-corrected chi connectivity index (χ3v) is 6.21. The van der Waals surface area contributed by atoms with Crippen LogP contribution in [0.4, 0.5) is 0 Å². The molecule has 19 heavy (non-hydrogen) atoms. The number of halogens is 2. The standard InChI is InChI=1S/C12H15Br2NO3S/c13-8-1-6-11(14)12(7-8)19(17,18)15-9-2-4-10(16)5-3-9/h1,6-7,9-10,15-16H,2-5H2. The molecule has 1 aromatic carbocycles. The van der Waals surface area contributed by atoms with Crippen molar-refractivity contribution >= 4 is 41.9 Å². The fraction of sp³-hybridized carbons (Fsp3) is 0.500. The van der Waals surface area contributed by atoms with E-state index >= 15 is 0 Å². The zero-order valence-corrected chi connectivity index (χ0v) is 14.1. The lowest BCUT2D eigenvalue weighted by Crippen LogP contribution is -2.38. The Labute approximate surface area is 129 Å². The van der Waals surface area contributed by atoms with Crippen LogP contribution in [0.15, 0.2) is 32.0 Å². The second-order valence-electron chi connectivity index (χ2n) is 4.70. The van der Waals surface area contributed by atoms with Crippen LogP contribution >= 0.6 is 31.9 Å². The Hall–Kier alpha value is 0.0500. The van der Waals surface area contributed by atoms with E-state index in [-0.39, 0.29) is 17.0 Å². The van der Waals surface area contributed by atoms with Crippen LogP contribution < -0.4 is 4.72 Å². The Kier molecular flexibility index (Phi) is 5.05. The third-order valence-electron chi connectivity index (χ3n) is 3.20. The minimum atomic E-state index is -3.54. The van der Waals surface area contributed by atoms with Crippen molar-refractivity contribution in [2.75, 3.05) is 0 Å². The summed E-state index contributed by atoms with van der Waals surface area (Å²) < 4.78 is 28.6. The molecule has 0 radical (unpaired) electrons. The molecule has 0 unspecified atom stereocenters. The summed E-state index contributed by atoms with van der Waals surface area (Å²) in [6.45, 7) is 0. The van der Waals surface area contributed by atoms with Crippen LogP contribution in [0.3, 0.4) is 0 Å². The summed E-state index contributed by atoms with van der Waals surface area (Å²) in [5.41, 5.74) is 0. The average molecular weight is 413 g/mol. The predicted octanol–water partition coefficient (Wildman–Crippen LogP) is 2.79. The quantitative estimate of drug-likeness (QED) is 0.802. The number of sulfonamides is 1. The van der Waals surface area contributed by atoms with Crippen molar-refractivity contribution in [2.24, 2.45) is 0 Å². The predicted molar refractivity (Wildman–Crippen MR) is 80.4 cm³/mol. The van der Waals surface area contributed by atoms with Crippen molar-refractivity contribution in [2.45, 2.75) is 42.7 Å². The first-order chi connectivity index (χ1) is 8.88. The Morgan fingerprint density at radius 2 is 1.79 bits per heavy atom. The first-order valence-electron chi connectivity index (χ1n) is 6.04. The summed E-state index contributed by atoms with van der Waals surface area (Å²) in [7, 11) is -3.54. The van der Waals surface area contributed by atoms with E-state index in [9.17, 15) is 13.5 Å². The molecule has 106 valence electrons. The van der Waals surface area contributed by atoms with E-state index in [1.54, 1.807) is 18.2 Å². The molecular formula is C12H15Br2NO3S. The van der Waals surface area contributed by atoms with Crippen LogP contribution in [-0.2, 0) is 10.0 Å². The number of aliphatic hydroxyl groups excluding tert-OH is 1. The maximum absolute atomic E-state index is 12.3. The van der Waals surface area contributed by atoms with E-state index in [0.29, 0.717) is 30.2 Å². The van der Waals surface area contributed by atoms with E-state index in [0.717, 1.165) is 4.47 Å². The van der Waals surface area contributed by atoms with Crippen molar-refractivity contribution in [3.8, 4) is 0 Å². The molecule has 4 nitrogen and oxygen atoms in total. The van der Waals surface area contributed by atoms with Gasteiger partial charge in [-0.25, -0.2) is 13.1 Å². The molecule has 0 spiro atoms. The molecule has 0 aromatic heterocycles. The molecule has 1 fully saturated rings. The van der Waals surface area contributed by atoms with Gasteiger partial charge in [0.25, 0.3) is 0 Å². The molecular weight excluding hydrogens is 398 g/mol. The molecule has 0 heterocycles. The van der Waals surface area contributed by atoms with E-state index in [4.69, 9.17) is 0 Å². The molecule has 1 aliphatic carbocycles.